The molecule has 0 spiro atoms. The number of nitrogens with zero attached hydrogens (tertiary/aromatic N) is 1. The number of pyridine rings is 1. The molecule has 0 aliphatic heterocycles. The van der Waals surface area contributed by atoms with Crippen molar-refractivity contribution in [2.75, 3.05) is 0 Å². The van der Waals surface area contributed by atoms with E-state index in [1.807, 2.05) is 0 Å². The number of aromatic nitrogens is 1. The van der Waals surface area contributed by atoms with Crippen molar-refractivity contribution >= 4 is 40.8 Å². The summed E-state index contributed by atoms with van der Waals surface area (Å²) in [7, 11) is 0. The Morgan fingerprint density at radius 2 is 1.75 bits per heavy atom. The van der Waals surface area contributed by atoms with Gasteiger partial charge >= 0.3 is 5.97 Å². The number of rotatable bonds is 3. The number of halogens is 4. The lowest BCUT2D eigenvalue weighted by Crippen LogP contribution is -2.05. The van der Waals surface area contributed by atoms with Crippen molar-refractivity contribution in [1.82, 2.24) is 4.98 Å². The summed E-state index contributed by atoms with van der Waals surface area (Å²) in [5.41, 5.74) is 0.917. The van der Waals surface area contributed by atoms with Crippen molar-refractivity contribution in [3.63, 3.8) is 0 Å². The number of aliphatic carboxylic acids is 1. The normalized spacial score (nSPS) is 10.6. The second kappa shape index (κ2) is 5.95. The van der Waals surface area contributed by atoms with Crippen LogP contribution >= 0.6 is 34.8 Å². The van der Waals surface area contributed by atoms with E-state index in [1.54, 1.807) is 6.07 Å². The van der Waals surface area contributed by atoms with Crippen LogP contribution < -0.4 is 0 Å². The van der Waals surface area contributed by atoms with E-state index in [1.165, 1.54) is 12.1 Å². The summed E-state index contributed by atoms with van der Waals surface area (Å²) in [5.74, 6) is -1.89. The monoisotopic (exact) mass is 333 g/mol. The Hall–Kier alpha value is -1.36. The molecule has 0 unspecified atom stereocenters. The lowest BCUT2D eigenvalue weighted by atomic mass is 10.0. The molecule has 0 bridgehead atoms. The van der Waals surface area contributed by atoms with Gasteiger partial charge in [-0.1, -0.05) is 40.9 Å². The Morgan fingerprint density at radius 1 is 1.10 bits per heavy atom. The third kappa shape index (κ3) is 3.03. The van der Waals surface area contributed by atoms with Crippen molar-refractivity contribution in [2.45, 2.75) is 6.42 Å². The first kappa shape index (κ1) is 15.0. The van der Waals surface area contributed by atoms with Gasteiger partial charge < -0.3 is 5.11 Å². The molecule has 104 valence electrons. The zero-order chi connectivity index (χ0) is 14.9. The topological polar surface area (TPSA) is 50.2 Å². The van der Waals surface area contributed by atoms with E-state index >= 15 is 0 Å². The third-order valence-electron chi connectivity index (χ3n) is 2.58. The van der Waals surface area contributed by atoms with E-state index in [0.29, 0.717) is 11.1 Å². The molecule has 0 aliphatic rings. The average Bonchev–Trinajstić information content (AvgIpc) is 2.37. The van der Waals surface area contributed by atoms with Crippen LogP contribution in [0, 0.1) is 5.95 Å². The molecule has 2 aromatic rings. The highest BCUT2D eigenvalue weighted by molar-refractivity contribution is 6.49. The summed E-state index contributed by atoms with van der Waals surface area (Å²) in [6.45, 7) is 0. The van der Waals surface area contributed by atoms with Crippen LogP contribution in [0.5, 0.6) is 0 Å². The zero-order valence-electron chi connectivity index (χ0n) is 9.83. The fraction of sp³-hybridized carbons (Fsp3) is 0.0769. The molecule has 0 amide bonds. The maximum Gasteiger partial charge on any atom is 0.309 e. The summed E-state index contributed by atoms with van der Waals surface area (Å²) < 4.78 is 13.2. The van der Waals surface area contributed by atoms with Crippen LogP contribution in [0.4, 0.5) is 4.39 Å². The predicted octanol–water partition coefficient (Wildman–Crippen LogP) is 4.48. The Labute approximate surface area is 128 Å². The van der Waals surface area contributed by atoms with Crippen LogP contribution in [0.25, 0.3) is 11.1 Å². The SMILES string of the molecule is O=C(O)Cc1nc(F)ccc1-c1ccc(Cl)c(Cl)c1Cl. The van der Waals surface area contributed by atoms with Crippen LogP contribution in [-0.4, -0.2) is 16.1 Å². The second-order valence-electron chi connectivity index (χ2n) is 3.92. The first-order chi connectivity index (χ1) is 9.40. The highest BCUT2D eigenvalue weighted by Crippen LogP contribution is 2.38. The van der Waals surface area contributed by atoms with Crippen LogP contribution in [0.3, 0.4) is 0 Å². The van der Waals surface area contributed by atoms with Crippen LogP contribution in [0.1, 0.15) is 5.69 Å². The Kier molecular flexibility index (Phi) is 4.48. The number of hydrogen-bond donors (Lipinski definition) is 1. The molecule has 0 radical (unpaired) electrons. The number of carboxylic acids is 1. The van der Waals surface area contributed by atoms with E-state index in [-0.39, 0.29) is 20.8 Å². The molecule has 1 aromatic carbocycles. The number of carbonyl (C=O) groups is 1. The van der Waals surface area contributed by atoms with Gasteiger partial charge in [0.25, 0.3) is 0 Å². The summed E-state index contributed by atoms with van der Waals surface area (Å²) in [4.78, 5) is 14.4. The minimum absolute atomic E-state index is 0.0674. The zero-order valence-corrected chi connectivity index (χ0v) is 12.1. The standard InChI is InChI=1S/C13H7Cl3FNO2/c14-8-3-1-7(12(15)13(8)16)6-2-4-10(17)18-9(6)5-11(19)20/h1-4H,5H2,(H,19,20). The van der Waals surface area contributed by atoms with Crippen molar-refractivity contribution in [3.8, 4) is 11.1 Å². The van der Waals surface area contributed by atoms with Crippen molar-refractivity contribution in [2.24, 2.45) is 0 Å². The molecule has 7 heteroatoms. The molecule has 0 fully saturated rings. The Bertz CT molecular complexity index is 692. The van der Waals surface area contributed by atoms with Gasteiger partial charge in [-0.05, 0) is 18.2 Å². The van der Waals surface area contributed by atoms with E-state index < -0.39 is 18.3 Å². The van der Waals surface area contributed by atoms with Crippen molar-refractivity contribution < 1.29 is 14.3 Å². The van der Waals surface area contributed by atoms with Gasteiger partial charge in [0.1, 0.15) is 0 Å². The number of hydrogen-bond acceptors (Lipinski definition) is 2. The minimum Gasteiger partial charge on any atom is -0.481 e. The van der Waals surface area contributed by atoms with E-state index in [2.05, 4.69) is 4.98 Å². The molecule has 0 atom stereocenters. The molecular weight excluding hydrogens is 328 g/mol. The van der Waals surface area contributed by atoms with Gasteiger partial charge in [0.15, 0.2) is 0 Å². The number of benzene rings is 1. The van der Waals surface area contributed by atoms with Crippen molar-refractivity contribution in [1.29, 1.82) is 0 Å². The van der Waals surface area contributed by atoms with Gasteiger partial charge in [-0.15, -0.1) is 0 Å². The molecule has 0 saturated heterocycles. The molecule has 1 aromatic heterocycles. The summed E-state index contributed by atoms with van der Waals surface area (Å²) in [6.07, 6.45) is -0.427. The molecule has 0 aliphatic carbocycles. The fourth-order valence-electron chi connectivity index (χ4n) is 1.73. The minimum atomic E-state index is -1.12. The van der Waals surface area contributed by atoms with Crippen LogP contribution in [-0.2, 0) is 11.2 Å². The molecule has 2 rings (SSSR count). The molecule has 0 saturated carbocycles. The summed E-state index contributed by atoms with van der Waals surface area (Å²) in [6, 6.07) is 5.64. The average molecular weight is 335 g/mol. The van der Waals surface area contributed by atoms with Crippen molar-refractivity contribution in [3.05, 3.63) is 51.0 Å². The predicted molar refractivity (Wildman–Crippen MR) is 76.0 cm³/mol. The largest absolute Gasteiger partial charge is 0.481 e. The summed E-state index contributed by atoms with van der Waals surface area (Å²) in [5, 5.41) is 9.44. The Balaban J connectivity index is 2.63. The smallest absolute Gasteiger partial charge is 0.309 e. The number of carboxylic acid groups (broad SMARTS) is 1. The maximum atomic E-state index is 13.2. The quantitative estimate of drug-likeness (QED) is 0.665. The first-order valence-electron chi connectivity index (χ1n) is 5.41. The molecule has 1 N–H and O–H groups in total. The molecular formula is C13H7Cl3FNO2. The lowest BCUT2D eigenvalue weighted by Gasteiger charge is -2.11. The Morgan fingerprint density at radius 3 is 2.40 bits per heavy atom. The van der Waals surface area contributed by atoms with Gasteiger partial charge in [0.2, 0.25) is 5.95 Å². The molecule has 1 heterocycles. The van der Waals surface area contributed by atoms with Gasteiger partial charge in [-0.25, -0.2) is 4.98 Å². The second-order valence-corrected chi connectivity index (χ2v) is 5.08. The third-order valence-corrected chi connectivity index (χ3v) is 3.88. The van der Waals surface area contributed by atoms with Gasteiger partial charge in [-0.3, -0.25) is 4.79 Å². The summed E-state index contributed by atoms with van der Waals surface area (Å²) >= 11 is 17.9. The molecule has 20 heavy (non-hydrogen) atoms. The first-order valence-corrected chi connectivity index (χ1v) is 6.54. The molecule has 3 nitrogen and oxygen atoms in total. The van der Waals surface area contributed by atoms with Gasteiger partial charge in [0.05, 0.1) is 27.2 Å². The maximum absolute atomic E-state index is 13.2. The highest BCUT2D eigenvalue weighted by Gasteiger charge is 2.16. The highest BCUT2D eigenvalue weighted by atomic mass is 35.5. The van der Waals surface area contributed by atoms with E-state index in [4.69, 9.17) is 39.9 Å². The van der Waals surface area contributed by atoms with E-state index in [0.717, 1.165) is 6.07 Å². The lowest BCUT2D eigenvalue weighted by molar-refractivity contribution is -0.136. The van der Waals surface area contributed by atoms with Gasteiger partial charge in [0, 0.05) is 11.1 Å². The van der Waals surface area contributed by atoms with E-state index in [9.17, 15) is 9.18 Å². The fourth-order valence-corrected chi connectivity index (χ4v) is 2.37. The van der Waals surface area contributed by atoms with Crippen LogP contribution in [0.15, 0.2) is 24.3 Å². The van der Waals surface area contributed by atoms with Gasteiger partial charge in [-0.2, -0.15) is 4.39 Å². The van der Waals surface area contributed by atoms with Crippen LogP contribution in [0.2, 0.25) is 15.1 Å².